The number of nitrogens with zero attached hydrogens (tertiary/aromatic N) is 2. The van der Waals surface area contributed by atoms with Crippen LogP contribution in [0.3, 0.4) is 0 Å². The van der Waals surface area contributed by atoms with E-state index in [1.54, 1.807) is 0 Å². The molecule has 128 valence electrons. The SMILES string of the molecule is CCCCCOc1ccc(NC(N)=[NH+]c2nc(C)cc(C)n2)cc1. The van der Waals surface area contributed by atoms with Crippen LogP contribution in [0.2, 0.25) is 0 Å². The quantitative estimate of drug-likeness (QED) is 0.410. The van der Waals surface area contributed by atoms with E-state index in [2.05, 4.69) is 27.2 Å². The largest absolute Gasteiger partial charge is 0.494 e. The molecular weight excluding hydrogens is 302 g/mol. The van der Waals surface area contributed by atoms with E-state index in [1.807, 2.05) is 44.2 Å². The first-order chi connectivity index (χ1) is 11.6. The van der Waals surface area contributed by atoms with E-state index in [-0.39, 0.29) is 0 Å². The number of aryl methyl sites for hydroxylation is 2. The maximum Gasteiger partial charge on any atom is 0.354 e. The molecule has 2 aromatic rings. The normalized spacial score (nSPS) is 11.4. The van der Waals surface area contributed by atoms with Crippen molar-refractivity contribution < 1.29 is 9.73 Å². The first-order valence-electron chi connectivity index (χ1n) is 8.28. The predicted molar refractivity (Wildman–Crippen MR) is 96.4 cm³/mol. The standard InChI is InChI=1S/C18H25N5O/c1-4-5-6-11-24-16-9-7-15(8-10-16)22-17(19)23-18-20-13(2)12-14(3)21-18/h7-10,12H,4-6,11H2,1-3H3,(H3,19,20,21,22,23)/p+1. The Kier molecular flexibility index (Phi) is 6.54. The Morgan fingerprint density at radius 3 is 2.42 bits per heavy atom. The van der Waals surface area contributed by atoms with Gasteiger partial charge in [-0.25, -0.2) is 4.99 Å². The molecule has 0 unspecified atom stereocenters. The summed E-state index contributed by atoms with van der Waals surface area (Å²) in [4.78, 5) is 11.6. The van der Waals surface area contributed by atoms with Gasteiger partial charge in [-0.3, -0.25) is 5.32 Å². The van der Waals surface area contributed by atoms with Crippen molar-refractivity contribution in [2.75, 3.05) is 11.9 Å². The number of hydrogen-bond donors (Lipinski definition) is 3. The zero-order valence-corrected chi connectivity index (χ0v) is 14.6. The van der Waals surface area contributed by atoms with Crippen LogP contribution in [0.4, 0.5) is 11.6 Å². The molecule has 0 bridgehead atoms. The number of hydrogen-bond acceptors (Lipinski definition) is 3. The molecule has 0 spiro atoms. The van der Waals surface area contributed by atoms with Crippen molar-refractivity contribution in [3.05, 3.63) is 41.7 Å². The van der Waals surface area contributed by atoms with Gasteiger partial charge in [-0.1, -0.05) is 19.8 Å². The molecule has 2 rings (SSSR count). The molecule has 0 aliphatic heterocycles. The van der Waals surface area contributed by atoms with Crippen molar-refractivity contribution >= 4 is 17.6 Å². The number of ether oxygens (including phenoxy) is 1. The van der Waals surface area contributed by atoms with Crippen LogP contribution in [0.5, 0.6) is 5.75 Å². The topological polar surface area (TPSA) is 87.0 Å². The summed E-state index contributed by atoms with van der Waals surface area (Å²) < 4.78 is 5.69. The highest BCUT2D eigenvalue weighted by molar-refractivity contribution is 5.88. The predicted octanol–water partition coefficient (Wildman–Crippen LogP) is 1.80. The molecular formula is C18H26N5O+. The minimum absolute atomic E-state index is 0.372. The summed E-state index contributed by atoms with van der Waals surface area (Å²) in [6, 6.07) is 9.61. The summed E-state index contributed by atoms with van der Waals surface area (Å²) in [6.45, 7) is 6.77. The molecule has 0 aliphatic rings. The molecule has 1 aromatic carbocycles. The van der Waals surface area contributed by atoms with Gasteiger partial charge in [-0.05, 0) is 44.5 Å². The molecule has 6 heteroatoms. The number of nitrogens with two attached hydrogens (primary N) is 1. The lowest BCUT2D eigenvalue weighted by molar-refractivity contribution is -0.365. The van der Waals surface area contributed by atoms with Gasteiger partial charge in [0.1, 0.15) is 5.75 Å². The molecule has 1 heterocycles. The third kappa shape index (κ3) is 5.87. The van der Waals surface area contributed by atoms with Crippen molar-refractivity contribution in [1.29, 1.82) is 0 Å². The van der Waals surface area contributed by atoms with E-state index in [4.69, 9.17) is 10.5 Å². The van der Waals surface area contributed by atoms with Gasteiger partial charge in [0.15, 0.2) is 0 Å². The van der Waals surface area contributed by atoms with Crippen LogP contribution in [-0.4, -0.2) is 22.5 Å². The Bertz CT molecular complexity index is 662. The number of unbranched alkanes of at least 4 members (excludes halogenated alkanes) is 2. The summed E-state index contributed by atoms with van der Waals surface area (Å²) in [6.07, 6.45) is 3.47. The Morgan fingerprint density at radius 1 is 1.12 bits per heavy atom. The van der Waals surface area contributed by atoms with Crippen LogP contribution in [0.25, 0.3) is 0 Å². The van der Waals surface area contributed by atoms with E-state index < -0.39 is 0 Å². The summed E-state index contributed by atoms with van der Waals surface area (Å²) in [5.41, 5.74) is 8.62. The average molecular weight is 328 g/mol. The van der Waals surface area contributed by atoms with Crippen molar-refractivity contribution in [2.24, 2.45) is 5.73 Å². The van der Waals surface area contributed by atoms with Crippen LogP contribution in [0, 0.1) is 13.8 Å². The van der Waals surface area contributed by atoms with Crippen LogP contribution in [-0.2, 0) is 0 Å². The molecule has 0 radical (unpaired) electrons. The lowest BCUT2D eigenvalue weighted by atomic mass is 10.2. The van der Waals surface area contributed by atoms with E-state index in [1.165, 1.54) is 12.8 Å². The molecule has 4 N–H and O–H groups in total. The molecule has 6 nitrogen and oxygen atoms in total. The number of aromatic nitrogens is 2. The van der Waals surface area contributed by atoms with Gasteiger partial charge in [0.05, 0.1) is 23.7 Å². The monoisotopic (exact) mass is 328 g/mol. The molecule has 0 fully saturated rings. The lowest BCUT2D eigenvalue weighted by Gasteiger charge is -2.07. The van der Waals surface area contributed by atoms with Gasteiger partial charge in [-0.15, -0.1) is 9.97 Å². The molecule has 0 amide bonds. The second kappa shape index (κ2) is 8.86. The summed E-state index contributed by atoms with van der Waals surface area (Å²) in [7, 11) is 0. The lowest BCUT2D eigenvalue weighted by Crippen LogP contribution is -2.72. The maximum atomic E-state index is 5.97. The zero-order chi connectivity index (χ0) is 17.4. The Labute approximate surface area is 143 Å². The minimum Gasteiger partial charge on any atom is -0.494 e. The van der Waals surface area contributed by atoms with Gasteiger partial charge in [-0.2, -0.15) is 0 Å². The van der Waals surface area contributed by atoms with Gasteiger partial charge >= 0.3 is 5.95 Å². The summed E-state index contributed by atoms with van der Waals surface area (Å²) in [5.74, 6) is 1.71. The van der Waals surface area contributed by atoms with E-state index in [9.17, 15) is 0 Å². The van der Waals surface area contributed by atoms with E-state index in [0.29, 0.717) is 11.9 Å². The summed E-state index contributed by atoms with van der Waals surface area (Å²) in [5, 5.41) is 3.08. The molecule has 0 aliphatic carbocycles. The van der Waals surface area contributed by atoms with Crippen molar-refractivity contribution in [2.45, 2.75) is 40.0 Å². The molecule has 24 heavy (non-hydrogen) atoms. The van der Waals surface area contributed by atoms with E-state index in [0.717, 1.165) is 35.9 Å². The third-order valence-corrected chi connectivity index (χ3v) is 3.38. The zero-order valence-electron chi connectivity index (χ0n) is 14.6. The highest BCUT2D eigenvalue weighted by atomic mass is 16.5. The number of anilines is 1. The first-order valence-corrected chi connectivity index (χ1v) is 8.28. The fourth-order valence-electron chi connectivity index (χ4n) is 2.27. The van der Waals surface area contributed by atoms with Crippen LogP contribution < -0.4 is 20.8 Å². The molecule has 1 aromatic heterocycles. The highest BCUT2D eigenvalue weighted by Crippen LogP contribution is 2.15. The van der Waals surface area contributed by atoms with Crippen molar-refractivity contribution in [3.8, 4) is 5.75 Å². The molecule has 0 saturated heterocycles. The third-order valence-electron chi connectivity index (χ3n) is 3.38. The van der Waals surface area contributed by atoms with Gasteiger partial charge in [0, 0.05) is 6.07 Å². The summed E-state index contributed by atoms with van der Waals surface area (Å²) >= 11 is 0. The smallest absolute Gasteiger partial charge is 0.354 e. The van der Waals surface area contributed by atoms with Gasteiger partial charge in [0.2, 0.25) is 0 Å². The highest BCUT2D eigenvalue weighted by Gasteiger charge is 2.06. The molecule has 0 saturated carbocycles. The van der Waals surface area contributed by atoms with Crippen molar-refractivity contribution in [3.63, 3.8) is 0 Å². The fraction of sp³-hybridized carbons (Fsp3) is 0.389. The number of guanidine groups is 1. The average Bonchev–Trinajstić information content (AvgIpc) is 2.52. The number of nitrogens with one attached hydrogen (secondary N) is 2. The maximum absolute atomic E-state index is 5.97. The van der Waals surface area contributed by atoms with Crippen molar-refractivity contribution in [1.82, 2.24) is 9.97 Å². The van der Waals surface area contributed by atoms with Crippen LogP contribution >= 0.6 is 0 Å². The van der Waals surface area contributed by atoms with Crippen LogP contribution in [0.15, 0.2) is 30.3 Å². The fourth-order valence-corrected chi connectivity index (χ4v) is 2.27. The molecule has 0 atom stereocenters. The Hall–Kier alpha value is -2.63. The Morgan fingerprint density at radius 2 is 1.79 bits per heavy atom. The van der Waals surface area contributed by atoms with Gasteiger partial charge in [0.25, 0.3) is 5.96 Å². The second-order valence-electron chi connectivity index (χ2n) is 5.72. The minimum atomic E-state index is 0.372. The Balaban J connectivity index is 1.93. The number of benzene rings is 1. The second-order valence-corrected chi connectivity index (χ2v) is 5.72. The van der Waals surface area contributed by atoms with Crippen LogP contribution in [0.1, 0.15) is 37.6 Å². The van der Waals surface area contributed by atoms with Gasteiger partial charge < -0.3 is 10.5 Å². The van der Waals surface area contributed by atoms with E-state index >= 15 is 0 Å². The number of rotatable bonds is 7. The first kappa shape index (κ1) is 17.7.